The first-order chi connectivity index (χ1) is 19.6. The Morgan fingerprint density at radius 3 is 1.60 bits per heavy atom. The molecule has 2 aliphatic carbocycles. The zero-order chi connectivity index (χ0) is 31.5. The van der Waals surface area contributed by atoms with E-state index >= 15 is 0 Å². The van der Waals surface area contributed by atoms with Crippen LogP contribution in [-0.2, 0) is 0 Å². The molecule has 2 nitrogen and oxygen atoms in total. The maximum Gasteiger partial charge on any atom is 0.0634 e. The van der Waals surface area contributed by atoms with Crippen LogP contribution in [0.5, 0.6) is 0 Å². The number of allylic oxidation sites excluding steroid dienone is 20. The molecule has 2 aliphatic rings. The van der Waals surface area contributed by atoms with Gasteiger partial charge in [0.25, 0.3) is 0 Å². The van der Waals surface area contributed by atoms with E-state index < -0.39 is 0 Å². The van der Waals surface area contributed by atoms with Crippen molar-refractivity contribution in [3.63, 3.8) is 0 Å². The molecular weight excluding hydrogens is 512 g/mol. The summed E-state index contributed by atoms with van der Waals surface area (Å²) in [5.41, 5.74) is 9.83. The Labute approximate surface area is 257 Å². The molecule has 42 heavy (non-hydrogen) atoms. The lowest BCUT2D eigenvalue weighted by Gasteiger charge is -2.37. The van der Waals surface area contributed by atoms with Crippen LogP contribution in [0, 0.1) is 10.8 Å². The van der Waals surface area contributed by atoms with Gasteiger partial charge in [-0.2, -0.15) is 0 Å². The largest absolute Gasteiger partial charge is 0.393 e. The van der Waals surface area contributed by atoms with E-state index in [9.17, 15) is 10.2 Å². The van der Waals surface area contributed by atoms with Crippen molar-refractivity contribution < 1.29 is 10.2 Å². The minimum atomic E-state index is -0.284. The van der Waals surface area contributed by atoms with Gasteiger partial charge in [0.2, 0.25) is 0 Å². The van der Waals surface area contributed by atoms with Crippen molar-refractivity contribution in [3.05, 3.63) is 130 Å². The quantitative estimate of drug-likeness (QED) is 0.257. The normalized spacial score (nSPS) is 25.0. The fraction of sp³-hybridized carbons (Fsp3) is 0.450. The van der Waals surface area contributed by atoms with Crippen LogP contribution in [-0.4, -0.2) is 22.4 Å². The summed E-state index contributed by atoms with van der Waals surface area (Å²) >= 11 is 0. The van der Waals surface area contributed by atoms with E-state index in [0.717, 1.165) is 25.7 Å². The van der Waals surface area contributed by atoms with E-state index in [1.807, 2.05) is 0 Å². The van der Waals surface area contributed by atoms with Gasteiger partial charge < -0.3 is 10.2 Å². The molecule has 2 N–H and O–H groups in total. The molecule has 2 heteroatoms. The highest BCUT2D eigenvalue weighted by Gasteiger charge is 2.35. The molecular formula is C40H56O2. The molecule has 0 bridgehead atoms. The average molecular weight is 569 g/mol. The van der Waals surface area contributed by atoms with Crippen molar-refractivity contribution in [1.82, 2.24) is 0 Å². The van der Waals surface area contributed by atoms with E-state index in [1.165, 1.54) is 44.6 Å². The molecule has 2 rings (SSSR count). The summed E-state index contributed by atoms with van der Waals surface area (Å²) in [7, 11) is 0. The number of aliphatic hydroxyl groups excluding tert-OH is 2. The molecule has 0 aromatic rings. The minimum Gasteiger partial charge on any atom is -0.393 e. The second-order valence-electron chi connectivity index (χ2n) is 13.5. The Balaban J connectivity index is 1.91. The summed E-state index contributed by atoms with van der Waals surface area (Å²) in [5.74, 6) is 0. The molecule has 0 heterocycles. The van der Waals surface area contributed by atoms with Crippen LogP contribution in [0.1, 0.15) is 94.9 Å². The first kappa shape index (κ1) is 35.3. The van der Waals surface area contributed by atoms with Gasteiger partial charge in [0.1, 0.15) is 0 Å². The number of rotatable bonds is 10. The topological polar surface area (TPSA) is 40.5 Å². The van der Waals surface area contributed by atoms with Crippen molar-refractivity contribution in [3.8, 4) is 0 Å². The summed E-state index contributed by atoms with van der Waals surface area (Å²) in [6, 6.07) is 0. The summed E-state index contributed by atoms with van der Waals surface area (Å²) in [4.78, 5) is 0. The second kappa shape index (κ2) is 16.1. The van der Waals surface area contributed by atoms with E-state index in [-0.39, 0.29) is 23.0 Å². The van der Waals surface area contributed by atoms with Crippen molar-refractivity contribution >= 4 is 0 Å². The first-order valence-corrected chi connectivity index (χ1v) is 15.5. The van der Waals surface area contributed by atoms with Crippen LogP contribution in [0.25, 0.3) is 0 Å². The maximum atomic E-state index is 10.4. The van der Waals surface area contributed by atoms with Gasteiger partial charge in [0.05, 0.1) is 12.2 Å². The van der Waals surface area contributed by atoms with E-state index in [1.54, 1.807) is 0 Å². The predicted molar refractivity (Wildman–Crippen MR) is 184 cm³/mol. The third-order valence-electron chi connectivity index (χ3n) is 8.55. The molecule has 0 saturated carbocycles. The van der Waals surface area contributed by atoms with Gasteiger partial charge in [-0.15, -0.1) is 0 Å². The molecule has 0 unspecified atom stereocenters. The van der Waals surface area contributed by atoms with Crippen LogP contribution < -0.4 is 0 Å². The fourth-order valence-electron chi connectivity index (χ4n) is 5.89. The van der Waals surface area contributed by atoms with Crippen molar-refractivity contribution in [2.24, 2.45) is 10.8 Å². The van der Waals surface area contributed by atoms with Gasteiger partial charge in [-0.3, -0.25) is 0 Å². The maximum absolute atomic E-state index is 10.4. The standard InChI is InChI=1S/C40H56O2/c1-29(17-13-19-31(3)21-24-36-34(6)27-35(41)28-39(36,7)8)15-11-12-16-30(2)18-14-20-32(4)22-25-37-33(5)23-26-38(42)40(37,9)10/h11-22,24-25,35,38,41-42H,23,26-28H2,1-10H3/b12-11+,17-13+,18-14+,24-21+,25-22+,29-15+,30-16+,31-19+,32-20+/t35-,38-/m1/s1. The van der Waals surface area contributed by atoms with Crippen molar-refractivity contribution in [2.75, 3.05) is 0 Å². The molecule has 0 spiro atoms. The van der Waals surface area contributed by atoms with E-state index in [2.05, 4.69) is 154 Å². The Hall–Kier alpha value is -2.94. The monoisotopic (exact) mass is 568 g/mol. The molecule has 2 atom stereocenters. The van der Waals surface area contributed by atoms with Crippen LogP contribution in [0.2, 0.25) is 0 Å². The molecule has 0 radical (unpaired) electrons. The summed E-state index contributed by atoms with van der Waals surface area (Å²) in [6.07, 6.45) is 32.7. The van der Waals surface area contributed by atoms with Crippen molar-refractivity contribution in [2.45, 2.75) is 107 Å². The predicted octanol–water partition coefficient (Wildman–Crippen LogP) is 10.5. The highest BCUT2D eigenvalue weighted by atomic mass is 16.3. The average Bonchev–Trinajstić information content (AvgIpc) is 2.87. The molecule has 0 aromatic carbocycles. The van der Waals surface area contributed by atoms with Crippen LogP contribution >= 0.6 is 0 Å². The summed E-state index contributed by atoms with van der Waals surface area (Å²) in [5, 5.41) is 20.5. The Morgan fingerprint density at radius 1 is 0.643 bits per heavy atom. The third-order valence-corrected chi connectivity index (χ3v) is 8.55. The molecule has 0 amide bonds. The van der Waals surface area contributed by atoms with Gasteiger partial charge in [0.15, 0.2) is 0 Å². The minimum absolute atomic E-state index is 0.00484. The molecule has 0 saturated heterocycles. The fourth-order valence-corrected chi connectivity index (χ4v) is 5.89. The Kier molecular flexibility index (Phi) is 13.5. The molecule has 0 fully saturated rings. The van der Waals surface area contributed by atoms with Gasteiger partial charge >= 0.3 is 0 Å². The highest BCUT2D eigenvalue weighted by molar-refractivity contribution is 5.39. The summed E-state index contributed by atoms with van der Waals surface area (Å²) in [6.45, 7) is 21.5. The molecule has 0 aromatic heterocycles. The molecule has 0 aliphatic heterocycles. The van der Waals surface area contributed by atoms with E-state index in [4.69, 9.17) is 0 Å². The number of hydrogen-bond donors (Lipinski definition) is 2. The van der Waals surface area contributed by atoms with Gasteiger partial charge in [-0.1, -0.05) is 146 Å². The lowest BCUT2D eigenvalue weighted by Crippen LogP contribution is -2.34. The number of hydrogen-bond acceptors (Lipinski definition) is 2. The van der Waals surface area contributed by atoms with Gasteiger partial charge in [-0.25, -0.2) is 0 Å². The highest BCUT2D eigenvalue weighted by Crippen LogP contribution is 2.42. The van der Waals surface area contributed by atoms with Gasteiger partial charge in [0, 0.05) is 5.41 Å². The van der Waals surface area contributed by atoms with Crippen LogP contribution in [0.3, 0.4) is 0 Å². The number of aliphatic hydroxyl groups is 2. The van der Waals surface area contributed by atoms with Crippen LogP contribution in [0.15, 0.2) is 130 Å². The van der Waals surface area contributed by atoms with Crippen molar-refractivity contribution in [1.29, 1.82) is 0 Å². The zero-order valence-electron chi connectivity index (χ0n) is 28.0. The zero-order valence-corrected chi connectivity index (χ0v) is 28.0. The van der Waals surface area contributed by atoms with E-state index in [0.29, 0.717) is 0 Å². The lowest BCUT2D eigenvalue weighted by molar-refractivity contribution is 0.0607. The Morgan fingerprint density at radius 2 is 1.10 bits per heavy atom. The Bertz CT molecular complexity index is 1290. The first-order valence-electron chi connectivity index (χ1n) is 15.5. The summed E-state index contributed by atoms with van der Waals surface area (Å²) < 4.78 is 0. The second-order valence-corrected chi connectivity index (χ2v) is 13.5. The van der Waals surface area contributed by atoms with Gasteiger partial charge in [-0.05, 0) is 83.8 Å². The smallest absolute Gasteiger partial charge is 0.0634 e. The SMILES string of the molecule is CC1=C(/C=C/C(C)=C/C=C/C(C)=C/C=C/C=C(C)/C=C/C=C(C)/C=C/C2=C(C)CC[C@@H](O)C2(C)C)C(C)(C)C[C@H](O)C1. The molecule has 228 valence electrons. The van der Waals surface area contributed by atoms with Crippen LogP contribution in [0.4, 0.5) is 0 Å². The third kappa shape index (κ3) is 11.0. The lowest BCUT2D eigenvalue weighted by atomic mass is 9.70.